The zero-order valence-corrected chi connectivity index (χ0v) is 12.8. The van der Waals surface area contributed by atoms with Gasteiger partial charge in [0, 0.05) is 24.4 Å². The predicted molar refractivity (Wildman–Crippen MR) is 84.8 cm³/mol. The van der Waals surface area contributed by atoms with Crippen LogP contribution in [0.5, 0.6) is 11.6 Å². The maximum Gasteiger partial charge on any atom is 0.213 e. The largest absolute Gasteiger partial charge is 0.496 e. The van der Waals surface area contributed by atoms with Gasteiger partial charge in [-0.2, -0.15) is 0 Å². The molecule has 1 aromatic heterocycles. The molecule has 21 heavy (non-hydrogen) atoms. The summed E-state index contributed by atoms with van der Waals surface area (Å²) in [7, 11) is 3.33. The Morgan fingerprint density at radius 3 is 2.57 bits per heavy atom. The van der Waals surface area contributed by atoms with E-state index in [0.29, 0.717) is 5.88 Å². The van der Waals surface area contributed by atoms with E-state index >= 15 is 0 Å². The van der Waals surface area contributed by atoms with E-state index in [9.17, 15) is 0 Å². The van der Waals surface area contributed by atoms with Crippen LogP contribution in [0, 0.1) is 0 Å². The van der Waals surface area contributed by atoms with Crippen molar-refractivity contribution in [2.45, 2.75) is 19.9 Å². The van der Waals surface area contributed by atoms with E-state index in [1.165, 1.54) is 0 Å². The molecule has 0 atom stereocenters. The maximum atomic E-state index is 5.43. The molecule has 112 valence electrons. The fourth-order valence-electron chi connectivity index (χ4n) is 2.20. The normalized spacial score (nSPS) is 10.4. The Bertz CT molecular complexity index is 585. The summed E-state index contributed by atoms with van der Waals surface area (Å²) in [5, 5.41) is 3.41. The summed E-state index contributed by atoms with van der Waals surface area (Å²) in [5.41, 5.74) is 3.37. The molecule has 0 saturated carbocycles. The van der Waals surface area contributed by atoms with Crippen LogP contribution in [0.25, 0.3) is 11.1 Å². The van der Waals surface area contributed by atoms with Crippen molar-refractivity contribution in [3.05, 3.63) is 42.1 Å². The van der Waals surface area contributed by atoms with Crippen LogP contribution in [0.15, 0.2) is 36.5 Å². The van der Waals surface area contributed by atoms with Gasteiger partial charge in [-0.25, -0.2) is 4.98 Å². The molecule has 1 aromatic carbocycles. The minimum atomic E-state index is 0.619. The van der Waals surface area contributed by atoms with Crippen molar-refractivity contribution in [1.82, 2.24) is 10.3 Å². The fourth-order valence-corrected chi connectivity index (χ4v) is 2.20. The summed E-state index contributed by atoms with van der Waals surface area (Å²) in [6, 6.07) is 10.1. The Kier molecular flexibility index (Phi) is 5.58. The highest BCUT2D eigenvalue weighted by Gasteiger charge is 2.07. The highest BCUT2D eigenvalue weighted by molar-refractivity contribution is 5.66. The van der Waals surface area contributed by atoms with Gasteiger partial charge in [0.1, 0.15) is 5.75 Å². The van der Waals surface area contributed by atoms with Gasteiger partial charge in [-0.1, -0.05) is 13.0 Å². The molecule has 4 nitrogen and oxygen atoms in total. The Morgan fingerprint density at radius 1 is 1.05 bits per heavy atom. The van der Waals surface area contributed by atoms with Gasteiger partial charge in [0.2, 0.25) is 5.88 Å². The monoisotopic (exact) mass is 286 g/mol. The Morgan fingerprint density at radius 2 is 1.86 bits per heavy atom. The van der Waals surface area contributed by atoms with Crippen molar-refractivity contribution in [2.75, 3.05) is 20.8 Å². The summed E-state index contributed by atoms with van der Waals surface area (Å²) in [6.45, 7) is 3.95. The van der Waals surface area contributed by atoms with E-state index in [1.54, 1.807) is 20.4 Å². The first-order valence-electron chi connectivity index (χ1n) is 7.16. The first-order valence-corrected chi connectivity index (χ1v) is 7.16. The first-order chi connectivity index (χ1) is 10.3. The van der Waals surface area contributed by atoms with Crippen LogP contribution in [0.3, 0.4) is 0 Å². The van der Waals surface area contributed by atoms with Crippen molar-refractivity contribution in [3.8, 4) is 22.8 Å². The summed E-state index contributed by atoms with van der Waals surface area (Å²) < 4.78 is 10.6. The van der Waals surface area contributed by atoms with E-state index in [0.717, 1.165) is 42.0 Å². The highest BCUT2D eigenvalue weighted by atomic mass is 16.5. The molecule has 0 saturated heterocycles. The quantitative estimate of drug-likeness (QED) is 0.793. The Labute approximate surface area is 126 Å². The minimum Gasteiger partial charge on any atom is -0.496 e. The summed E-state index contributed by atoms with van der Waals surface area (Å²) in [6.07, 6.45) is 2.87. The van der Waals surface area contributed by atoms with Crippen molar-refractivity contribution in [3.63, 3.8) is 0 Å². The zero-order valence-electron chi connectivity index (χ0n) is 12.8. The van der Waals surface area contributed by atoms with E-state index < -0.39 is 0 Å². The van der Waals surface area contributed by atoms with Crippen molar-refractivity contribution >= 4 is 0 Å². The number of ether oxygens (including phenoxy) is 2. The summed E-state index contributed by atoms with van der Waals surface area (Å²) in [4.78, 5) is 4.14. The fraction of sp³-hybridized carbons (Fsp3) is 0.353. The SMILES string of the molecule is CCCNCc1cc(-c2ccnc(OC)c2)ccc1OC. The lowest BCUT2D eigenvalue weighted by Gasteiger charge is -2.12. The molecule has 0 unspecified atom stereocenters. The van der Waals surface area contributed by atoms with Crippen LogP contribution in [-0.4, -0.2) is 25.7 Å². The van der Waals surface area contributed by atoms with Crippen LogP contribution >= 0.6 is 0 Å². The molecule has 0 aliphatic heterocycles. The first kappa shape index (κ1) is 15.3. The third-order valence-electron chi connectivity index (χ3n) is 3.30. The smallest absolute Gasteiger partial charge is 0.213 e. The van der Waals surface area contributed by atoms with Crippen LogP contribution in [0.1, 0.15) is 18.9 Å². The molecule has 0 fully saturated rings. The minimum absolute atomic E-state index is 0.619. The molecule has 1 heterocycles. The second-order valence-corrected chi connectivity index (χ2v) is 4.79. The molecule has 1 N–H and O–H groups in total. The second kappa shape index (κ2) is 7.64. The number of hydrogen-bond donors (Lipinski definition) is 1. The van der Waals surface area contributed by atoms with E-state index in [4.69, 9.17) is 9.47 Å². The molecule has 0 aliphatic rings. The molecule has 0 aliphatic carbocycles. The summed E-state index contributed by atoms with van der Waals surface area (Å²) >= 11 is 0. The Balaban J connectivity index is 2.29. The number of nitrogens with zero attached hydrogens (tertiary/aromatic N) is 1. The molecule has 2 aromatic rings. The lowest BCUT2D eigenvalue weighted by atomic mass is 10.0. The molecule has 0 radical (unpaired) electrons. The van der Waals surface area contributed by atoms with Gasteiger partial charge in [0.15, 0.2) is 0 Å². The van der Waals surface area contributed by atoms with Gasteiger partial charge in [-0.05, 0) is 42.3 Å². The predicted octanol–water partition coefficient (Wildman–Crippen LogP) is 3.27. The second-order valence-electron chi connectivity index (χ2n) is 4.79. The third kappa shape index (κ3) is 3.95. The average Bonchev–Trinajstić information content (AvgIpc) is 2.55. The lowest BCUT2D eigenvalue weighted by Crippen LogP contribution is -2.14. The van der Waals surface area contributed by atoms with Gasteiger partial charge in [0.25, 0.3) is 0 Å². The van der Waals surface area contributed by atoms with Gasteiger partial charge < -0.3 is 14.8 Å². The van der Waals surface area contributed by atoms with Crippen LogP contribution in [0.2, 0.25) is 0 Å². The topological polar surface area (TPSA) is 43.4 Å². The van der Waals surface area contributed by atoms with Crippen molar-refractivity contribution in [1.29, 1.82) is 0 Å². The van der Waals surface area contributed by atoms with E-state index in [1.807, 2.05) is 18.2 Å². The summed E-state index contributed by atoms with van der Waals surface area (Å²) in [5.74, 6) is 1.53. The van der Waals surface area contributed by atoms with Crippen molar-refractivity contribution in [2.24, 2.45) is 0 Å². The van der Waals surface area contributed by atoms with E-state index in [2.05, 4.69) is 29.4 Å². The maximum absolute atomic E-state index is 5.43. The standard InChI is InChI=1S/C17H22N2O2/c1-4-8-18-12-15-10-13(5-6-16(15)20-2)14-7-9-19-17(11-14)21-3/h5-7,9-11,18H,4,8,12H2,1-3H3. The molecular formula is C17H22N2O2. The third-order valence-corrected chi connectivity index (χ3v) is 3.30. The van der Waals surface area contributed by atoms with Crippen LogP contribution in [-0.2, 0) is 6.54 Å². The van der Waals surface area contributed by atoms with Crippen LogP contribution in [0.4, 0.5) is 0 Å². The average molecular weight is 286 g/mol. The lowest BCUT2D eigenvalue weighted by molar-refractivity contribution is 0.398. The molecular weight excluding hydrogens is 264 g/mol. The van der Waals surface area contributed by atoms with Gasteiger partial charge >= 0.3 is 0 Å². The number of methoxy groups -OCH3 is 2. The number of benzene rings is 1. The van der Waals surface area contributed by atoms with Gasteiger partial charge in [0.05, 0.1) is 14.2 Å². The van der Waals surface area contributed by atoms with Gasteiger partial charge in [-0.3, -0.25) is 0 Å². The van der Waals surface area contributed by atoms with Crippen LogP contribution < -0.4 is 14.8 Å². The van der Waals surface area contributed by atoms with Crippen molar-refractivity contribution < 1.29 is 9.47 Å². The number of hydrogen-bond acceptors (Lipinski definition) is 4. The molecule has 0 spiro atoms. The van der Waals surface area contributed by atoms with E-state index in [-0.39, 0.29) is 0 Å². The molecule has 0 bridgehead atoms. The zero-order chi connectivity index (χ0) is 15.1. The highest BCUT2D eigenvalue weighted by Crippen LogP contribution is 2.27. The molecule has 2 rings (SSSR count). The molecule has 0 amide bonds. The number of pyridine rings is 1. The Hall–Kier alpha value is -2.07. The number of aromatic nitrogens is 1. The van der Waals surface area contributed by atoms with Gasteiger partial charge in [-0.15, -0.1) is 0 Å². The number of nitrogens with one attached hydrogen (secondary N) is 1. The molecule has 4 heteroatoms. The number of rotatable bonds is 7.